The van der Waals surface area contributed by atoms with E-state index in [1.807, 2.05) is 0 Å². The molecule has 2 nitrogen and oxygen atoms in total. The van der Waals surface area contributed by atoms with Gasteiger partial charge >= 0.3 is 0 Å². The largest absolute Gasteiger partial charge is 0.414 e. The van der Waals surface area contributed by atoms with Gasteiger partial charge in [-0.15, -0.1) is 0 Å². The maximum atomic E-state index is 7.06. The number of hydrogen-bond donors (Lipinski definition) is 0. The molecule has 0 unspecified atom stereocenters. The molecule has 4 atom stereocenters. The highest BCUT2D eigenvalue weighted by Gasteiger charge is 2.53. The smallest absolute Gasteiger partial charge is 0.192 e. The maximum absolute atomic E-state index is 7.06. The minimum Gasteiger partial charge on any atom is -0.414 e. The summed E-state index contributed by atoms with van der Waals surface area (Å²) in [4.78, 5) is 0. The lowest BCUT2D eigenvalue weighted by molar-refractivity contribution is -0.00347. The molecule has 34 heavy (non-hydrogen) atoms. The van der Waals surface area contributed by atoms with Gasteiger partial charge in [0.1, 0.15) is 0 Å². The summed E-state index contributed by atoms with van der Waals surface area (Å²) in [6.45, 7) is 33.4. The summed E-state index contributed by atoms with van der Waals surface area (Å²) in [5.74, 6) is 1.44. The van der Waals surface area contributed by atoms with E-state index in [0.717, 1.165) is 18.8 Å². The molecule has 0 heterocycles. The van der Waals surface area contributed by atoms with E-state index in [-0.39, 0.29) is 15.7 Å². The van der Waals surface area contributed by atoms with Gasteiger partial charge in [0.15, 0.2) is 16.6 Å². The Labute approximate surface area is 216 Å². The first-order valence-corrected chi connectivity index (χ1v) is 20.0. The van der Waals surface area contributed by atoms with E-state index in [1.165, 1.54) is 32.1 Å². The van der Waals surface area contributed by atoms with Crippen molar-refractivity contribution in [3.63, 3.8) is 0 Å². The fraction of sp³-hybridized carbons (Fsp3) is 0.933. The third kappa shape index (κ3) is 6.69. The van der Waals surface area contributed by atoms with Crippen molar-refractivity contribution in [3.8, 4) is 0 Å². The lowest BCUT2D eigenvalue weighted by Crippen LogP contribution is -2.49. The van der Waals surface area contributed by atoms with E-state index in [0.29, 0.717) is 17.4 Å². The van der Waals surface area contributed by atoms with Gasteiger partial charge in [0.05, 0.1) is 5.60 Å². The SMILES string of the molecule is C/C(=C/CCC(C)(C)O[Si](C)(C)C(C)(C)C)[C@H]1CC[C@H]2[C@@H](O[Si](C)(C)C(C)(C)C)CCC[C@]12C. The van der Waals surface area contributed by atoms with Crippen LogP contribution in [0.15, 0.2) is 11.6 Å². The number of fused-ring (bicyclic) bond motifs is 1. The Balaban J connectivity index is 2.07. The lowest BCUT2D eigenvalue weighted by Gasteiger charge is -2.49. The lowest BCUT2D eigenvalue weighted by atomic mass is 9.63. The summed E-state index contributed by atoms with van der Waals surface area (Å²) in [6.07, 6.45) is 11.9. The van der Waals surface area contributed by atoms with Crippen LogP contribution in [0.4, 0.5) is 0 Å². The molecule has 0 saturated heterocycles. The van der Waals surface area contributed by atoms with Crippen LogP contribution in [-0.4, -0.2) is 28.3 Å². The highest BCUT2D eigenvalue weighted by atomic mass is 28.4. The molecular formula is C30H60O2Si2. The van der Waals surface area contributed by atoms with Gasteiger partial charge < -0.3 is 8.85 Å². The Morgan fingerprint density at radius 3 is 1.97 bits per heavy atom. The minimum atomic E-state index is -1.75. The fourth-order valence-corrected chi connectivity index (χ4v) is 9.43. The molecule has 0 spiro atoms. The van der Waals surface area contributed by atoms with Crippen LogP contribution < -0.4 is 0 Å². The monoisotopic (exact) mass is 508 g/mol. The van der Waals surface area contributed by atoms with Crippen LogP contribution in [0.5, 0.6) is 0 Å². The second-order valence-corrected chi connectivity index (χ2v) is 25.1. The first-order valence-electron chi connectivity index (χ1n) is 14.2. The fourth-order valence-electron chi connectivity index (χ4n) is 6.25. The van der Waals surface area contributed by atoms with Crippen molar-refractivity contribution in [1.29, 1.82) is 0 Å². The van der Waals surface area contributed by atoms with Crippen LogP contribution in [0.2, 0.25) is 36.3 Å². The first kappa shape index (κ1) is 30.3. The van der Waals surface area contributed by atoms with Crippen LogP contribution in [0.3, 0.4) is 0 Å². The molecule has 0 radical (unpaired) electrons. The molecule has 0 N–H and O–H groups in total. The Morgan fingerprint density at radius 2 is 1.44 bits per heavy atom. The zero-order chi connectivity index (χ0) is 26.4. The Hall–Kier alpha value is 0.0938. The first-order chi connectivity index (χ1) is 15.1. The van der Waals surface area contributed by atoms with E-state index < -0.39 is 16.6 Å². The van der Waals surface area contributed by atoms with Gasteiger partial charge in [-0.3, -0.25) is 0 Å². The van der Waals surface area contributed by atoms with Gasteiger partial charge in [-0.25, -0.2) is 0 Å². The van der Waals surface area contributed by atoms with Gasteiger partial charge in [0, 0.05) is 6.10 Å². The van der Waals surface area contributed by atoms with Crippen LogP contribution in [-0.2, 0) is 8.85 Å². The summed E-state index contributed by atoms with van der Waals surface area (Å²) < 4.78 is 13.8. The zero-order valence-electron chi connectivity index (χ0n) is 25.6. The van der Waals surface area contributed by atoms with Crippen LogP contribution in [0.25, 0.3) is 0 Å². The quantitative estimate of drug-likeness (QED) is 0.240. The molecule has 2 aliphatic rings. The molecule has 0 aromatic rings. The van der Waals surface area contributed by atoms with Crippen molar-refractivity contribution in [2.75, 3.05) is 0 Å². The average Bonchev–Trinajstić information content (AvgIpc) is 2.96. The van der Waals surface area contributed by atoms with Crippen LogP contribution in [0.1, 0.15) is 114 Å². The molecule has 0 aromatic heterocycles. The van der Waals surface area contributed by atoms with Crippen LogP contribution in [0, 0.1) is 17.3 Å². The molecule has 2 saturated carbocycles. The molecule has 0 aromatic carbocycles. The number of hydrogen-bond acceptors (Lipinski definition) is 2. The average molecular weight is 509 g/mol. The van der Waals surface area contributed by atoms with Crippen molar-refractivity contribution >= 4 is 16.6 Å². The molecule has 2 rings (SSSR count). The maximum Gasteiger partial charge on any atom is 0.192 e. The Bertz CT molecular complexity index is 723. The minimum absolute atomic E-state index is 0.0607. The molecule has 4 heteroatoms. The topological polar surface area (TPSA) is 18.5 Å². The van der Waals surface area contributed by atoms with E-state index in [1.54, 1.807) is 5.57 Å². The highest BCUT2D eigenvalue weighted by Crippen LogP contribution is 2.59. The van der Waals surface area contributed by atoms with Crippen molar-refractivity contribution < 1.29 is 8.85 Å². The van der Waals surface area contributed by atoms with Crippen molar-refractivity contribution in [3.05, 3.63) is 11.6 Å². The summed E-state index contributed by atoms with van der Waals surface area (Å²) in [5, 5.41) is 0.543. The van der Waals surface area contributed by atoms with Crippen molar-refractivity contribution in [2.45, 2.75) is 162 Å². The van der Waals surface area contributed by atoms with E-state index in [4.69, 9.17) is 8.85 Å². The van der Waals surface area contributed by atoms with Gasteiger partial charge in [-0.2, -0.15) is 0 Å². The summed E-state index contributed by atoms with van der Waals surface area (Å²) >= 11 is 0. The summed E-state index contributed by atoms with van der Waals surface area (Å²) in [6, 6.07) is 0. The predicted molar refractivity (Wildman–Crippen MR) is 156 cm³/mol. The second-order valence-electron chi connectivity index (χ2n) is 15.7. The third-order valence-electron chi connectivity index (χ3n) is 10.4. The Morgan fingerprint density at radius 1 is 0.882 bits per heavy atom. The zero-order valence-corrected chi connectivity index (χ0v) is 27.6. The number of allylic oxidation sites excluding steroid dienone is 2. The van der Waals surface area contributed by atoms with Gasteiger partial charge in [-0.05, 0) is 113 Å². The summed E-state index contributed by atoms with van der Waals surface area (Å²) in [5.41, 5.74) is 1.97. The molecule has 0 amide bonds. The second kappa shape index (κ2) is 10.1. The normalized spacial score (nSPS) is 29.9. The molecule has 0 bridgehead atoms. The molecule has 2 aliphatic carbocycles. The Kier molecular flexibility index (Phi) is 9.01. The van der Waals surface area contributed by atoms with Crippen LogP contribution >= 0.6 is 0 Å². The van der Waals surface area contributed by atoms with E-state index in [2.05, 4.69) is 102 Å². The van der Waals surface area contributed by atoms with E-state index in [9.17, 15) is 0 Å². The van der Waals surface area contributed by atoms with Gasteiger partial charge in [0.2, 0.25) is 0 Å². The molecule has 2 fully saturated rings. The van der Waals surface area contributed by atoms with Gasteiger partial charge in [0.25, 0.3) is 0 Å². The molecular weight excluding hydrogens is 449 g/mol. The van der Waals surface area contributed by atoms with Crippen molar-refractivity contribution in [2.24, 2.45) is 17.3 Å². The third-order valence-corrected chi connectivity index (χ3v) is 19.6. The van der Waals surface area contributed by atoms with Crippen molar-refractivity contribution in [1.82, 2.24) is 0 Å². The molecule has 0 aliphatic heterocycles. The highest BCUT2D eigenvalue weighted by molar-refractivity contribution is 6.74. The predicted octanol–water partition coefficient (Wildman–Crippen LogP) is 10.1. The summed E-state index contributed by atoms with van der Waals surface area (Å²) in [7, 11) is -3.49. The van der Waals surface area contributed by atoms with Gasteiger partial charge in [-0.1, -0.05) is 66.5 Å². The van der Waals surface area contributed by atoms with E-state index >= 15 is 0 Å². The standard InChI is InChI=1S/C30H60O2Si2/c1-23(17-15-21-29(8,9)32-34(13,14)28(5,6)7)24-19-20-25-26(18-16-22-30(24,25)10)31-33(11,12)27(2,3)4/h17,24-26H,15-16,18-22H2,1-14H3/b23-17-/t24-,25+,26+,30-/m1/s1. The molecule has 200 valence electrons. The number of rotatable bonds is 8.